The van der Waals surface area contributed by atoms with E-state index in [1.54, 1.807) is 31.7 Å². The van der Waals surface area contributed by atoms with E-state index in [-0.39, 0.29) is 17.8 Å². The van der Waals surface area contributed by atoms with E-state index in [1.165, 1.54) is 6.20 Å². The number of amides is 2. The third-order valence-corrected chi connectivity index (χ3v) is 4.56. The van der Waals surface area contributed by atoms with Crippen LogP contribution in [0.2, 0.25) is 5.02 Å². The Hall–Kier alpha value is -2.46. The Kier molecular flexibility index (Phi) is 8.19. The maximum absolute atomic E-state index is 12.5. The molecular weight excluding hydrogens is 418 g/mol. The lowest BCUT2D eigenvalue weighted by atomic mass is 10.0. The van der Waals surface area contributed by atoms with Crippen LogP contribution in [0.1, 0.15) is 66.4 Å². The third kappa shape index (κ3) is 8.66. The normalized spacial score (nSPS) is 17.1. The summed E-state index contributed by atoms with van der Waals surface area (Å²) in [5.74, 6) is 6.48. The van der Waals surface area contributed by atoms with Gasteiger partial charge in [0.1, 0.15) is 11.2 Å². The molecule has 0 bridgehead atoms. The summed E-state index contributed by atoms with van der Waals surface area (Å²) in [7, 11) is 0. The van der Waals surface area contributed by atoms with Crippen molar-refractivity contribution in [3.63, 3.8) is 0 Å². The first-order chi connectivity index (χ1) is 14.3. The second-order valence-corrected chi connectivity index (χ2v) is 9.94. The Morgan fingerprint density at radius 1 is 1.16 bits per heavy atom. The molecule has 1 fully saturated rings. The predicted octanol–water partition coefficient (Wildman–Crippen LogP) is 5.47. The highest BCUT2D eigenvalue weighted by Gasteiger charge is 2.26. The molecule has 0 aromatic carbocycles. The van der Waals surface area contributed by atoms with Gasteiger partial charge in [-0.2, -0.15) is 0 Å². The molecule has 2 heterocycles. The molecular formula is C23H32ClN3O4. The maximum atomic E-state index is 12.5. The van der Waals surface area contributed by atoms with Gasteiger partial charge in [-0.15, -0.1) is 0 Å². The molecule has 0 aliphatic carbocycles. The number of aromatic nitrogens is 1. The molecule has 0 spiro atoms. The number of carbonyl (C=O) groups excluding carboxylic acids is 2. The highest BCUT2D eigenvalue weighted by atomic mass is 35.5. The van der Waals surface area contributed by atoms with Gasteiger partial charge in [-0.3, -0.25) is 5.32 Å². The Morgan fingerprint density at radius 3 is 2.48 bits per heavy atom. The van der Waals surface area contributed by atoms with Gasteiger partial charge in [0.2, 0.25) is 0 Å². The maximum Gasteiger partial charge on any atom is 0.413 e. The minimum Gasteiger partial charge on any atom is -0.444 e. The molecule has 2 amide bonds. The van der Waals surface area contributed by atoms with Gasteiger partial charge in [-0.1, -0.05) is 29.9 Å². The third-order valence-electron chi connectivity index (χ3n) is 4.24. The summed E-state index contributed by atoms with van der Waals surface area (Å²) in [5.41, 5.74) is -0.765. The summed E-state index contributed by atoms with van der Waals surface area (Å²) < 4.78 is 10.8. The summed E-state index contributed by atoms with van der Waals surface area (Å²) in [6, 6.07) is 1.62. The molecule has 0 radical (unpaired) electrons. The van der Waals surface area contributed by atoms with Crippen molar-refractivity contribution in [3.8, 4) is 11.8 Å². The van der Waals surface area contributed by atoms with Crippen LogP contribution < -0.4 is 5.32 Å². The van der Waals surface area contributed by atoms with Gasteiger partial charge in [0.25, 0.3) is 0 Å². The lowest BCUT2D eigenvalue weighted by Gasteiger charge is -2.27. The number of hydrogen-bond acceptors (Lipinski definition) is 5. The quantitative estimate of drug-likeness (QED) is 0.575. The summed E-state index contributed by atoms with van der Waals surface area (Å²) in [5, 5.41) is 3.00. The number of ether oxygens (including phenoxy) is 2. The number of nitrogens with zero attached hydrogens (tertiary/aromatic N) is 2. The molecule has 31 heavy (non-hydrogen) atoms. The highest BCUT2D eigenvalue weighted by molar-refractivity contribution is 6.32. The lowest BCUT2D eigenvalue weighted by molar-refractivity contribution is 0.0245. The average Bonchev–Trinajstić information content (AvgIpc) is 2.84. The molecule has 0 saturated carbocycles. The Morgan fingerprint density at radius 2 is 1.84 bits per heavy atom. The van der Waals surface area contributed by atoms with Crippen molar-refractivity contribution in [2.24, 2.45) is 5.92 Å². The molecule has 170 valence electrons. The monoisotopic (exact) mass is 449 g/mol. The van der Waals surface area contributed by atoms with E-state index in [4.69, 9.17) is 21.1 Å². The van der Waals surface area contributed by atoms with Crippen molar-refractivity contribution in [2.75, 3.05) is 18.4 Å². The van der Waals surface area contributed by atoms with E-state index in [0.29, 0.717) is 23.7 Å². The number of likely N-dealkylation sites (tertiary alicyclic amines) is 1. The number of rotatable bonds is 1. The minimum absolute atomic E-state index is 0.0410. The van der Waals surface area contributed by atoms with Crippen LogP contribution in [0.5, 0.6) is 0 Å². The van der Waals surface area contributed by atoms with Crippen LogP contribution in [0.25, 0.3) is 0 Å². The van der Waals surface area contributed by atoms with Crippen molar-refractivity contribution in [1.29, 1.82) is 0 Å². The lowest BCUT2D eigenvalue weighted by Crippen LogP contribution is -2.38. The van der Waals surface area contributed by atoms with Crippen LogP contribution in [0.15, 0.2) is 12.3 Å². The molecule has 8 heteroatoms. The minimum atomic E-state index is -0.639. The van der Waals surface area contributed by atoms with E-state index in [1.807, 2.05) is 20.8 Å². The van der Waals surface area contributed by atoms with Gasteiger partial charge < -0.3 is 14.4 Å². The standard InChI is InChI=1S/C23H32ClN3O4/c1-22(2,3)30-20(28)26-19-17(18(24)12-13-25-19)11-10-16-9-7-8-14-27(15-16)21(29)31-23(4,5)6/h12-13,16H,7-9,14-15H2,1-6H3,(H,25,26,28). The van der Waals surface area contributed by atoms with Crippen LogP contribution >= 0.6 is 11.6 Å². The zero-order valence-electron chi connectivity index (χ0n) is 19.2. The highest BCUT2D eigenvalue weighted by Crippen LogP contribution is 2.23. The number of anilines is 1. The Bertz CT molecular complexity index is 862. The van der Waals surface area contributed by atoms with E-state index in [9.17, 15) is 9.59 Å². The van der Waals surface area contributed by atoms with Crippen LogP contribution in [0.3, 0.4) is 0 Å². The SMILES string of the molecule is CC(C)(C)OC(=O)Nc1nccc(Cl)c1C#CC1CCCCN(C(=O)OC(C)(C)C)C1. The molecule has 1 unspecified atom stereocenters. The Labute approximate surface area is 189 Å². The molecule has 1 aromatic rings. The number of halogens is 1. The van der Waals surface area contributed by atoms with Gasteiger partial charge in [0.05, 0.1) is 10.6 Å². The van der Waals surface area contributed by atoms with Gasteiger partial charge in [0, 0.05) is 25.2 Å². The first-order valence-corrected chi connectivity index (χ1v) is 10.9. The fraction of sp³-hybridized carbons (Fsp3) is 0.609. The van der Waals surface area contributed by atoms with Crippen LogP contribution in [0.4, 0.5) is 15.4 Å². The largest absolute Gasteiger partial charge is 0.444 e. The first-order valence-electron chi connectivity index (χ1n) is 10.5. The molecule has 7 nitrogen and oxygen atoms in total. The molecule has 1 aliphatic heterocycles. The van der Waals surface area contributed by atoms with Crippen molar-refractivity contribution in [2.45, 2.75) is 72.0 Å². The van der Waals surface area contributed by atoms with Gasteiger partial charge in [-0.05, 0) is 60.5 Å². The fourth-order valence-corrected chi connectivity index (χ4v) is 3.17. The van der Waals surface area contributed by atoms with Gasteiger partial charge in [-0.25, -0.2) is 14.6 Å². The van der Waals surface area contributed by atoms with Crippen molar-refractivity contribution < 1.29 is 19.1 Å². The topological polar surface area (TPSA) is 80.8 Å². The molecule has 1 saturated heterocycles. The summed E-state index contributed by atoms with van der Waals surface area (Å²) in [6.07, 6.45) is 3.26. The molecule has 2 rings (SSSR count). The number of pyridine rings is 1. The smallest absolute Gasteiger partial charge is 0.413 e. The summed E-state index contributed by atoms with van der Waals surface area (Å²) in [6.45, 7) is 12.0. The summed E-state index contributed by atoms with van der Waals surface area (Å²) >= 11 is 6.33. The molecule has 1 aliphatic rings. The Balaban J connectivity index is 2.18. The number of carbonyl (C=O) groups is 2. The zero-order chi connectivity index (χ0) is 23.2. The van der Waals surface area contributed by atoms with Crippen LogP contribution in [-0.2, 0) is 9.47 Å². The average molecular weight is 450 g/mol. The van der Waals surface area contributed by atoms with Crippen molar-refractivity contribution in [3.05, 3.63) is 22.8 Å². The van der Waals surface area contributed by atoms with Crippen LogP contribution in [0, 0.1) is 17.8 Å². The summed E-state index contributed by atoms with van der Waals surface area (Å²) in [4.78, 5) is 30.5. The van der Waals surface area contributed by atoms with E-state index in [0.717, 1.165) is 19.3 Å². The second kappa shape index (κ2) is 10.2. The number of hydrogen-bond donors (Lipinski definition) is 1. The van der Waals surface area contributed by atoms with Crippen LogP contribution in [-0.4, -0.2) is 46.4 Å². The van der Waals surface area contributed by atoms with Crippen molar-refractivity contribution in [1.82, 2.24) is 9.88 Å². The first kappa shape index (κ1) is 24.8. The predicted molar refractivity (Wildman–Crippen MR) is 121 cm³/mol. The van der Waals surface area contributed by atoms with Gasteiger partial charge >= 0.3 is 12.2 Å². The molecule has 1 atom stereocenters. The van der Waals surface area contributed by atoms with Gasteiger partial charge in [0.15, 0.2) is 5.82 Å². The van der Waals surface area contributed by atoms with E-state index >= 15 is 0 Å². The zero-order valence-corrected chi connectivity index (χ0v) is 19.9. The second-order valence-electron chi connectivity index (χ2n) is 9.53. The number of nitrogens with one attached hydrogen (secondary N) is 1. The molecule has 1 N–H and O–H groups in total. The van der Waals surface area contributed by atoms with Crippen molar-refractivity contribution >= 4 is 29.6 Å². The van der Waals surface area contributed by atoms with E-state index < -0.39 is 17.3 Å². The fourth-order valence-electron chi connectivity index (χ4n) is 2.98. The van der Waals surface area contributed by atoms with E-state index in [2.05, 4.69) is 22.1 Å². The molecule has 1 aromatic heterocycles.